The lowest BCUT2D eigenvalue weighted by Crippen LogP contribution is -2.42. The highest BCUT2D eigenvalue weighted by Gasteiger charge is 2.38. The average molecular weight is 353 g/mol. The zero-order valence-electron chi connectivity index (χ0n) is 13.4. The van der Waals surface area contributed by atoms with Crippen LogP contribution in [0.5, 0.6) is 0 Å². The Morgan fingerprint density at radius 1 is 1.25 bits per heavy atom. The average Bonchev–Trinajstić information content (AvgIpc) is 2.47. The number of halogens is 1. The summed E-state index contributed by atoms with van der Waals surface area (Å²) in [5.74, 6) is -3.20. The van der Waals surface area contributed by atoms with E-state index in [0.717, 1.165) is 0 Å². The Bertz CT molecular complexity index is 705. The molecular weight excluding hydrogens is 336 g/mol. The number of anilines is 1. The van der Waals surface area contributed by atoms with Crippen LogP contribution in [-0.4, -0.2) is 30.2 Å². The van der Waals surface area contributed by atoms with Gasteiger partial charge >= 0.3 is 11.9 Å². The van der Waals surface area contributed by atoms with Crippen molar-refractivity contribution in [2.75, 3.05) is 11.9 Å². The van der Waals surface area contributed by atoms with Gasteiger partial charge in [0.15, 0.2) is 5.57 Å². The van der Waals surface area contributed by atoms with Gasteiger partial charge in [-0.1, -0.05) is 11.6 Å². The number of cyclic esters (lactones) is 2. The molecule has 0 radical (unpaired) electrons. The van der Waals surface area contributed by atoms with Gasteiger partial charge in [-0.05, 0) is 25.1 Å². The molecule has 0 saturated carbocycles. The van der Waals surface area contributed by atoms with Crippen molar-refractivity contribution in [3.63, 3.8) is 0 Å². The van der Waals surface area contributed by atoms with Crippen LogP contribution in [0.25, 0.3) is 0 Å². The molecule has 2 N–H and O–H groups in total. The number of ether oxygens (including phenoxy) is 2. The highest BCUT2D eigenvalue weighted by Crippen LogP contribution is 2.24. The quantitative estimate of drug-likeness (QED) is 0.490. The Morgan fingerprint density at radius 3 is 2.46 bits per heavy atom. The first-order chi connectivity index (χ1) is 11.2. The smallest absolute Gasteiger partial charge is 0.350 e. The number of esters is 2. The maximum atomic E-state index is 11.9. The predicted octanol–water partition coefficient (Wildman–Crippen LogP) is 2.22. The zero-order chi connectivity index (χ0) is 17.9. The third-order valence-electron chi connectivity index (χ3n) is 3.05. The molecule has 1 aromatic carbocycles. The number of hydrogen-bond acceptors (Lipinski definition) is 6. The number of rotatable bonds is 4. The molecule has 1 fully saturated rings. The first-order valence-electron chi connectivity index (χ1n) is 7.24. The molecule has 128 valence electrons. The molecular formula is C16H17ClN2O5. The molecule has 0 aliphatic carbocycles. The van der Waals surface area contributed by atoms with Crippen LogP contribution in [0.3, 0.4) is 0 Å². The summed E-state index contributed by atoms with van der Waals surface area (Å²) in [4.78, 5) is 35.6. The van der Waals surface area contributed by atoms with E-state index in [4.69, 9.17) is 21.1 Å². The minimum absolute atomic E-state index is 0.274. The third-order valence-corrected chi connectivity index (χ3v) is 3.38. The van der Waals surface area contributed by atoms with Crippen molar-refractivity contribution in [3.05, 3.63) is 40.6 Å². The minimum atomic E-state index is -1.29. The molecule has 2 rings (SSSR count). The Hall–Kier alpha value is -2.54. The summed E-state index contributed by atoms with van der Waals surface area (Å²) in [6, 6.07) is 4.65. The molecule has 1 saturated heterocycles. The normalized spacial score (nSPS) is 16.1. The van der Waals surface area contributed by atoms with E-state index in [1.807, 2.05) is 0 Å². The van der Waals surface area contributed by atoms with Gasteiger partial charge in [-0.15, -0.1) is 0 Å². The molecule has 1 aromatic rings. The lowest BCUT2D eigenvalue weighted by molar-refractivity contribution is -0.222. The largest absolute Gasteiger partial charge is 0.419 e. The van der Waals surface area contributed by atoms with Gasteiger partial charge in [0.2, 0.25) is 0 Å². The minimum Gasteiger partial charge on any atom is -0.419 e. The van der Waals surface area contributed by atoms with Crippen LogP contribution in [0.15, 0.2) is 30.0 Å². The highest BCUT2D eigenvalue weighted by atomic mass is 35.5. The van der Waals surface area contributed by atoms with Crippen molar-refractivity contribution >= 4 is 35.1 Å². The van der Waals surface area contributed by atoms with E-state index < -0.39 is 17.7 Å². The van der Waals surface area contributed by atoms with Gasteiger partial charge in [-0.25, -0.2) is 9.59 Å². The van der Waals surface area contributed by atoms with E-state index in [9.17, 15) is 14.4 Å². The summed E-state index contributed by atoms with van der Waals surface area (Å²) >= 11 is 6.00. The Balaban J connectivity index is 2.20. The first-order valence-corrected chi connectivity index (χ1v) is 7.62. The molecule has 1 aliphatic heterocycles. The molecule has 1 heterocycles. The Morgan fingerprint density at radius 2 is 1.88 bits per heavy atom. The van der Waals surface area contributed by atoms with E-state index in [-0.39, 0.29) is 22.1 Å². The molecule has 0 bridgehead atoms. The van der Waals surface area contributed by atoms with Crippen molar-refractivity contribution in [3.8, 4) is 0 Å². The molecule has 24 heavy (non-hydrogen) atoms. The highest BCUT2D eigenvalue weighted by molar-refractivity contribution is 6.34. The second-order valence-corrected chi connectivity index (χ2v) is 5.84. The Kier molecular flexibility index (Phi) is 5.14. The number of carbonyl (C=O) groups is 3. The number of benzene rings is 1. The second kappa shape index (κ2) is 6.92. The number of carbonyl (C=O) groups excluding carboxylic acids is 3. The van der Waals surface area contributed by atoms with Crippen molar-refractivity contribution in [1.82, 2.24) is 5.32 Å². The van der Waals surface area contributed by atoms with E-state index in [2.05, 4.69) is 10.6 Å². The molecule has 0 aromatic heterocycles. The second-order valence-electron chi connectivity index (χ2n) is 5.44. The lowest BCUT2D eigenvalue weighted by Gasteiger charge is -2.29. The topological polar surface area (TPSA) is 93.7 Å². The van der Waals surface area contributed by atoms with E-state index in [0.29, 0.717) is 12.2 Å². The molecule has 0 spiro atoms. The van der Waals surface area contributed by atoms with Gasteiger partial charge in [0, 0.05) is 32.3 Å². The van der Waals surface area contributed by atoms with E-state index >= 15 is 0 Å². The van der Waals surface area contributed by atoms with Gasteiger partial charge < -0.3 is 20.1 Å². The van der Waals surface area contributed by atoms with Gasteiger partial charge in [-0.2, -0.15) is 0 Å². The van der Waals surface area contributed by atoms with Crippen LogP contribution in [0.2, 0.25) is 5.02 Å². The molecule has 1 aliphatic rings. The fourth-order valence-electron chi connectivity index (χ4n) is 1.98. The van der Waals surface area contributed by atoms with E-state index in [1.54, 1.807) is 13.0 Å². The maximum absolute atomic E-state index is 11.9. The predicted molar refractivity (Wildman–Crippen MR) is 87.4 cm³/mol. The molecule has 1 amide bonds. The number of amides is 1. The summed E-state index contributed by atoms with van der Waals surface area (Å²) in [6.45, 7) is 5.18. The lowest BCUT2D eigenvalue weighted by atomic mass is 10.1. The maximum Gasteiger partial charge on any atom is 0.350 e. The third kappa shape index (κ3) is 4.05. The molecule has 7 nitrogen and oxygen atoms in total. The van der Waals surface area contributed by atoms with Crippen LogP contribution in [0.1, 0.15) is 31.1 Å². The van der Waals surface area contributed by atoms with Crippen molar-refractivity contribution in [2.45, 2.75) is 26.6 Å². The van der Waals surface area contributed by atoms with Crippen molar-refractivity contribution in [2.24, 2.45) is 0 Å². The summed E-state index contributed by atoms with van der Waals surface area (Å²) in [6.07, 6.45) is 1.17. The molecule has 0 atom stereocenters. The zero-order valence-corrected chi connectivity index (χ0v) is 14.2. The fraction of sp³-hybridized carbons (Fsp3) is 0.312. The Labute approximate surface area is 144 Å². The standard InChI is InChI=1S/C16H17ClN2O5/c1-4-18-13(20)10-7-9(5-6-12(10)17)19-8-11-14(21)23-16(2,3)24-15(11)22/h5-8,19H,4H2,1-3H3,(H,18,20). The van der Waals surface area contributed by atoms with Crippen LogP contribution in [0, 0.1) is 0 Å². The first kappa shape index (κ1) is 17.8. The van der Waals surface area contributed by atoms with Crippen LogP contribution >= 0.6 is 11.6 Å². The summed E-state index contributed by atoms with van der Waals surface area (Å²) in [5, 5.41) is 5.70. The monoisotopic (exact) mass is 352 g/mol. The van der Waals surface area contributed by atoms with Gasteiger partial charge in [0.05, 0.1) is 10.6 Å². The summed E-state index contributed by atoms with van der Waals surface area (Å²) in [7, 11) is 0. The van der Waals surface area contributed by atoms with Crippen molar-refractivity contribution < 1.29 is 23.9 Å². The van der Waals surface area contributed by atoms with Crippen LogP contribution in [0.4, 0.5) is 5.69 Å². The molecule has 0 unspecified atom stereocenters. The fourth-order valence-corrected chi connectivity index (χ4v) is 2.18. The number of nitrogens with one attached hydrogen (secondary N) is 2. The van der Waals surface area contributed by atoms with Crippen LogP contribution < -0.4 is 10.6 Å². The van der Waals surface area contributed by atoms with Gasteiger partial charge in [0.1, 0.15) is 0 Å². The summed E-state index contributed by atoms with van der Waals surface area (Å²) in [5.41, 5.74) is 0.472. The van der Waals surface area contributed by atoms with Crippen LogP contribution in [-0.2, 0) is 19.1 Å². The van der Waals surface area contributed by atoms with Gasteiger partial charge in [-0.3, -0.25) is 4.79 Å². The van der Waals surface area contributed by atoms with Crippen molar-refractivity contribution in [1.29, 1.82) is 0 Å². The summed E-state index contributed by atoms with van der Waals surface area (Å²) < 4.78 is 9.97. The van der Waals surface area contributed by atoms with E-state index in [1.165, 1.54) is 32.2 Å². The van der Waals surface area contributed by atoms with Gasteiger partial charge in [0.25, 0.3) is 11.7 Å². The SMILES string of the molecule is CCNC(=O)c1cc(NC=C2C(=O)OC(C)(C)OC2=O)ccc1Cl. The number of hydrogen-bond donors (Lipinski definition) is 2. The molecule has 8 heteroatoms.